The van der Waals surface area contributed by atoms with Crippen LogP contribution in [0.3, 0.4) is 0 Å². The Bertz CT molecular complexity index is 364. The van der Waals surface area contributed by atoms with Crippen LogP contribution in [0.1, 0.15) is 25.3 Å². The van der Waals surface area contributed by atoms with E-state index in [1.807, 2.05) is 18.2 Å². The maximum atomic E-state index is 11.4. The number of hydrogen-bond donors (Lipinski definition) is 3. The number of hydrogen-bond acceptors (Lipinski definition) is 3. The van der Waals surface area contributed by atoms with Crippen LogP contribution in [-0.2, 0) is 4.79 Å². The molecule has 4 nitrogen and oxygen atoms in total. The monoisotopic (exact) mass is 222 g/mol. The summed E-state index contributed by atoms with van der Waals surface area (Å²) in [6.07, 6.45) is 0. The van der Waals surface area contributed by atoms with Gasteiger partial charge in [0, 0.05) is 5.69 Å². The smallest absolute Gasteiger partial charge is 0.243 e. The zero-order chi connectivity index (χ0) is 12.1. The Morgan fingerprint density at radius 1 is 1.50 bits per heavy atom. The zero-order valence-electron chi connectivity index (χ0n) is 9.60. The van der Waals surface area contributed by atoms with Crippen molar-refractivity contribution in [3.05, 3.63) is 29.8 Å². The molecule has 0 saturated carbocycles. The molecule has 4 heteroatoms. The van der Waals surface area contributed by atoms with Gasteiger partial charge in [-0.05, 0) is 23.6 Å². The number of rotatable bonds is 4. The van der Waals surface area contributed by atoms with Gasteiger partial charge in [-0.1, -0.05) is 26.0 Å². The van der Waals surface area contributed by atoms with Crippen molar-refractivity contribution >= 4 is 11.6 Å². The van der Waals surface area contributed by atoms with Crippen molar-refractivity contribution in [3.63, 3.8) is 0 Å². The topological polar surface area (TPSA) is 75.4 Å². The largest absolute Gasteiger partial charge is 0.394 e. The van der Waals surface area contributed by atoms with Gasteiger partial charge >= 0.3 is 0 Å². The van der Waals surface area contributed by atoms with Crippen molar-refractivity contribution in [2.24, 2.45) is 5.73 Å². The van der Waals surface area contributed by atoms with Gasteiger partial charge in [-0.15, -0.1) is 0 Å². The van der Waals surface area contributed by atoms with E-state index in [-0.39, 0.29) is 12.5 Å². The predicted octanol–water partition coefficient (Wildman–Crippen LogP) is 1.07. The third-order valence-electron chi connectivity index (χ3n) is 2.35. The Morgan fingerprint density at radius 3 is 2.75 bits per heavy atom. The summed E-state index contributed by atoms with van der Waals surface area (Å²) in [6, 6.07) is 6.73. The van der Waals surface area contributed by atoms with Crippen molar-refractivity contribution in [3.8, 4) is 0 Å². The summed E-state index contributed by atoms with van der Waals surface area (Å²) in [5.41, 5.74) is 7.26. The molecule has 16 heavy (non-hydrogen) atoms. The fourth-order valence-corrected chi connectivity index (χ4v) is 1.29. The van der Waals surface area contributed by atoms with Crippen LogP contribution in [0.25, 0.3) is 0 Å². The fraction of sp³-hybridized carbons (Fsp3) is 0.417. The first-order valence-corrected chi connectivity index (χ1v) is 5.32. The van der Waals surface area contributed by atoms with Crippen LogP contribution >= 0.6 is 0 Å². The number of amides is 1. The quantitative estimate of drug-likeness (QED) is 0.713. The van der Waals surface area contributed by atoms with E-state index >= 15 is 0 Å². The minimum atomic E-state index is -0.872. The number of aliphatic hydroxyl groups is 1. The molecule has 0 radical (unpaired) electrons. The molecule has 0 heterocycles. The normalized spacial score (nSPS) is 12.6. The van der Waals surface area contributed by atoms with E-state index in [0.717, 1.165) is 5.56 Å². The van der Waals surface area contributed by atoms with E-state index in [4.69, 9.17) is 10.8 Å². The van der Waals surface area contributed by atoms with Crippen LogP contribution in [-0.4, -0.2) is 23.7 Å². The lowest BCUT2D eigenvalue weighted by Gasteiger charge is -2.11. The summed E-state index contributed by atoms with van der Waals surface area (Å²) in [6.45, 7) is 3.82. The molecule has 0 aliphatic rings. The van der Waals surface area contributed by atoms with Crippen molar-refractivity contribution in [2.45, 2.75) is 25.8 Å². The first-order chi connectivity index (χ1) is 7.54. The van der Waals surface area contributed by atoms with Crippen LogP contribution in [0, 0.1) is 0 Å². The van der Waals surface area contributed by atoms with Crippen LogP contribution in [0.15, 0.2) is 24.3 Å². The van der Waals surface area contributed by atoms with E-state index < -0.39 is 6.04 Å². The molecule has 0 fully saturated rings. The number of benzene rings is 1. The Morgan fingerprint density at radius 2 is 2.19 bits per heavy atom. The Balaban J connectivity index is 2.74. The summed E-state index contributed by atoms with van der Waals surface area (Å²) >= 11 is 0. The molecule has 0 spiro atoms. The summed E-state index contributed by atoms with van der Waals surface area (Å²) < 4.78 is 0. The SMILES string of the molecule is CC(C)c1cccc(NC(=O)[C@@H](N)CO)c1. The molecule has 0 unspecified atom stereocenters. The number of aliphatic hydroxyl groups excluding tert-OH is 1. The Hall–Kier alpha value is -1.39. The van der Waals surface area contributed by atoms with Gasteiger partial charge in [-0.25, -0.2) is 0 Å². The van der Waals surface area contributed by atoms with Gasteiger partial charge in [-0.3, -0.25) is 4.79 Å². The molecule has 1 rings (SSSR count). The molecule has 1 amide bonds. The summed E-state index contributed by atoms with van der Waals surface area (Å²) in [4.78, 5) is 11.4. The first kappa shape index (κ1) is 12.7. The van der Waals surface area contributed by atoms with Gasteiger partial charge in [0.1, 0.15) is 6.04 Å². The maximum Gasteiger partial charge on any atom is 0.243 e. The molecule has 88 valence electrons. The van der Waals surface area contributed by atoms with E-state index in [1.54, 1.807) is 6.07 Å². The van der Waals surface area contributed by atoms with Crippen molar-refractivity contribution < 1.29 is 9.90 Å². The zero-order valence-corrected chi connectivity index (χ0v) is 9.60. The first-order valence-electron chi connectivity index (χ1n) is 5.32. The number of nitrogens with two attached hydrogens (primary N) is 1. The van der Waals surface area contributed by atoms with Crippen LogP contribution in [0.2, 0.25) is 0 Å². The highest BCUT2D eigenvalue weighted by Gasteiger charge is 2.12. The Labute approximate surface area is 95.5 Å². The summed E-state index contributed by atoms with van der Waals surface area (Å²) in [7, 11) is 0. The molecule has 0 aliphatic heterocycles. The number of carbonyl (C=O) groups is 1. The molecule has 4 N–H and O–H groups in total. The van der Waals surface area contributed by atoms with Crippen molar-refractivity contribution in [1.82, 2.24) is 0 Å². The molecule has 1 aromatic rings. The minimum Gasteiger partial charge on any atom is -0.394 e. The third-order valence-corrected chi connectivity index (χ3v) is 2.35. The summed E-state index contributed by atoms with van der Waals surface area (Å²) in [5, 5.41) is 11.4. The molecule has 0 saturated heterocycles. The van der Waals surface area contributed by atoms with E-state index in [0.29, 0.717) is 11.6 Å². The minimum absolute atomic E-state index is 0.351. The molecule has 1 aromatic carbocycles. The lowest BCUT2D eigenvalue weighted by Crippen LogP contribution is -2.38. The molecule has 0 aliphatic carbocycles. The lowest BCUT2D eigenvalue weighted by atomic mass is 10.0. The second kappa shape index (κ2) is 5.63. The van der Waals surface area contributed by atoms with Gasteiger partial charge in [0.15, 0.2) is 0 Å². The van der Waals surface area contributed by atoms with Gasteiger partial charge in [0.25, 0.3) is 0 Å². The average Bonchev–Trinajstić information content (AvgIpc) is 2.28. The average molecular weight is 222 g/mol. The van der Waals surface area contributed by atoms with Gasteiger partial charge in [-0.2, -0.15) is 0 Å². The van der Waals surface area contributed by atoms with Gasteiger partial charge < -0.3 is 16.2 Å². The standard InChI is InChI=1S/C12H18N2O2/c1-8(2)9-4-3-5-10(6-9)14-12(16)11(13)7-15/h3-6,8,11,15H,7,13H2,1-2H3,(H,14,16)/t11-/m0/s1. The maximum absolute atomic E-state index is 11.4. The molecule has 1 atom stereocenters. The highest BCUT2D eigenvalue weighted by molar-refractivity contribution is 5.94. The fourth-order valence-electron chi connectivity index (χ4n) is 1.29. The van der Waals surface area contributed by atoms with Crippen molar-refractivity contribution in [1.29, 1.82) is 0 Å². The summed E-state index contributed by atoms with van der Waals surface area (Å²) in [5.74, 6) is 0.0340. The molecular formula is C12H18N2O2. The van der Waals surface area contributed by atoms with Crippen molar-refractivity contribution in [2.75, 3.05) is 11.9 Å². The molecule has 0 aromatic heterocycles. The van der Waals surface area contributed by atoms with E-state index in [2.05, 4.69) is 19.2 Å². The number of nitrogens with one attached hydrogen (secondary N) is 1. The Kier molecular flexibility index (Phi) is 4.46. The predicted molar refractivity (Wildman–Crippen MR) is 64.2 cm³/mol. The second-order valence-electron chi connectivity index (χ2n) is 4.06. The molecule has 0 bridgehead atoms. The van der Waals surface area contributed by atoms with Crippen LogP contribution in [0.4, 0.5) is 5.69 Å². The van der Waals surface area contributed by atoms with Crippen LogP contribution < -0.4 is 11.1 Å². The third kappa shape index (κ3) is 3.32. The van der Waals surface area contributed by atoms with Gasteiger partial charge in [0.2, 0.25) is 5.91 Å². The van der Waals surface area contributed by atoms with Gasteiger partial charge in [0.05, 0.1) is 6.61 Å². The number of anilines is 1. The molecular weight excluding hydrogens is 204 g/mol. The lowest BCUT2D eigenvalue weighted by molar-refractivity contribution is -0.118. The van der Waals surface area contributed by atoms with E-state index in [9.17, 15) is 4.79 Å². The highest BCUT2D eigenvalue weighted by Crippen LogP contribution is 2.18. The number of carbonyl (C=O) groups excluding carboxylic acids is 1. The van der Waals surface area contributed by atoms with E-state index in [1.165, 1.54) is 0 Å². The highest BCUT2D eigenvalue weighted by atomic mass is 16.3. The van der Waals surface area contributed by atoms with Crippen LogP contribution in [0.5, 0.6) is 0 Å². The second-order valence-corrected chi connectivity index (χ2v) is 4.06.